The van der Waals surface area contributed by atoms with Crippen molar-refractivity contribution in [2.75, 3.05) is 31.7 Å². The third kappa shape index (κ3) is 3.93. The minimum Gasteiger partial charge on any atom is -0.384 e. The Kier molecular flexibility index (Phi) is 5.38. The highest BCUT2D eigenvalue weighted by molar-refractivity contribution is 5.47. The second-order valence-corrected chi connectivity index (χ2v) is 6.08. The van der Waals surface area contributed by atoms with Gasteiger partial charge in [-0.1, -0.05) is 6.07 Å². The molecule has 4 heteroatoms. The fourth-order valence-electron chi connectivity index (χ4n) is 3.07. The molecule has 1 aromatic rings. The molecule has 0 bridgehead atoms. The highest BCUT2D eigenvalue weighted by Gasteiger charge is 2.22. The van der Waals surface area contributed by atoms with Gasteiger partial charge in [-0.15, -0.1) is 0 Å². The van der Waals surface area contributed by atoms with Crippen molar-refractivity contribution >= 4 is 5.82 Å². The zero-order chi connectivity index (χ0) is 14.5. The van der Waals surface area contributed by atoms with Crippen LogP contribution in [0.1, 0.15) is 30.9 Å². The number of pyridine rings is 1. The van der Waals surface area contributed by atoms with Crippen LogP contribution in [0.4, 0.5) is 5.82 Å². The Labute approximate surface area is 122 Å². The predicted octanol–water partition coefficient (Wildman–Crippen LogP) is 2.14. The van der Waals surface area contributed by atoms with Crippen LogP contribution in [0.15, 0.2) is 12.3 Å². The molecular weight excluding hydrogens is 250 g/mol. The van der Waals surface area contributed by atoms with E-state index in [1.807, 2.05) is 13.1 Å². The van der Waals surface area contributed by atoms with Gasteiger partial charge in [0, 0.05) is 32.4 Å². The lowest BCUT2D eigenvalue weighted by atomic mass is 9.98. The molecule has 0 aromatic carbocycles. The Morgan fingerprint density at radius 2 is 2.35 bits per heavy atom. The molecule has 0 spiro atoms. The lowest BCUT2D eigenvalue weighted by Gasteiger charge is -2.34. The summed E-state index contributed by atoms with van der Waals surface area (Å²) < 4.78 is 5.30. The molecule has 112 valence electrons. The highest BCUT2D eigenvalue weighted by Crippen LogP contribution is 2.25. The van der Waals surface area contributed by atoms with Gasteiger partial charge in [0.05, 0.1) is 6.61 Å². The molecule has 1 saturated heterocycles. The van der Waals surface area contributed by atoms with Gasteiger partial charge in [-0.05, 0) is 50.2 Å². The van der Waals surface area contributed by atoms with Crippen LogP contribution >= 0.6 is 0 Å². The lowest BCUT2D eigenvalue weighted by Crippen LogP contribution is -2.38. The van der Waals surface area contributed by atoms with Crippen molar-refractivity contribution in [1.29, 1.82) is 0 Å². The summed E-state index contributed by atoms with van der Waals surface area (Å²) in [5.74, 6) is 1.75. The molecule has 2 atom stereocenters. The Bertz CT molecular complexity index is 432. The number of aromatic nitrogens is 1. The number of piperidine rings is 1. The third-order valence-electron chi connectivity index (χ3n) is 3.89. The fraction of sp³-hybridized carbons (Fsp3) is 0.688. The number of nitrogens with zero attached hydrogens (tertiary/aromatic N) is 2. The minimum atomic E-state index is 0.183. The molecule has 0 aliphatic carbocycles. The van der Waals surface area contributed by atoms with Crippen LogP contribution in [0.2, 0.25) is 0 Å². The first-order valence-corrected chi connectivity index (χ1v) is 7.55. The first-order chi connectivity index (χ1) is 9.60. The molecule has 2 rings (SSSR count). The van der Waals surface area contributed by atoms with Crippen molar-refractivity contribution in [1.82, 2.24) is 4.98 Å². The molecule has 20 heavy (non-hydrogen) atoms. The molecule has 1 aromatic heterocycles. The Hall–Kier alpha value is -1.13. The number of ether oxygens (including phenoxy) is 1. The Morgan fingerprint density at radius 3 is 3.00 bits per heavy atom. The molecule has 1 aliphatic rings. The van der Waals surface area contributed by atoms with E-state index in [0.717, 1.165) is 31.9 Å². The number of hydrogen-bond donors (Lipinski definition) is 1. The van der Waals surface area contributed by atoms with Crippen LogP contribution in [-0.4, -0.2) is 37.8 Å². The van der Waals surface area contributed by atoms with Crippen LogP contribution in [0.3, 0.4) is 0 Å². The summed E-state index contributed by atoms with van der Waals surface area (Å²) in [5.41, 5.74) is 8.33. The van der Waals surface area contributed by atoms with Gasteiger partial charge >= 0.3 is 0 Å². The minimum absolute atomic E-state index is 0.183. The van der Waals surface area contributed by atoms with Crippen LogP contribution < -0.4 is 10.6 Å². The smallest absolute Gasteiger partial charge is 0.131 e. The van der Waals surface area contributed by atoms with E-state index in [9.17, 15) is 0 Å². The number of hydrogen-bond acceptors (Lipinski definition) is 4. The van der Waals surface area contributed by atoms with E-state index in [1.54, 1.807) is 7.11 Å². The first-order valence-electron chi connectivity index (χ1n) is 7.55. The molecule has 2 unspecified atom stereocenters. The molecule has 1 aliphatic heterocycles. The first kappa shape index (κ1) is 15.3. The second kappa shape index (κ2) is 7.04. The second-order valence-electron chi connectivity index (χ2n) is 6.08. The van der Waals surface area contributed by atoms with E-state index in [1.165, 1.54) is 24.0 Å². The van der Waals surface area contributed by atoms with E-state index in [0.29, 0.717) is 5.92 Å². The van der Waals surface area contributed by atoms with Crippen molar-refractivity contribution < 1.29 is 4.74 Å². The topological polar surface area (TPSA) is 51.4 Å². The fourth-order valence-corrected chi connectivity index (χ4v) is 3.07. The molecule has 4 nitrogen and oxygen atoms in total. The highest BCUT2D eigenvalue weighted by atomic mass is 16.5. The van der Waals surface area contributed by atoms with Crippen molar-refractivity contribution in [3.05, 3.63) is 23.4 Å². The third-order valence-corrected chi connectivity index (χ3v) is 3.89. The van der Waals surface area contributed by atoms with Crippen molar-refractivity contribution in [2.24, 2.45) is 11.7 Å². The van der Waals surface area contributed by atoms with Gasteiger partial charge in [0.25, 0.3) is 0 Å². The number of nitrogens with two attached hydrogens (primary N) is 1. The van der Waals surface area contributed by atoms with E-state index >= 15 is 0 Å². The van der Waals surface area contributed by atoms with E-state index in [-0.39, 0.29) is 6.04 Å². The Balaban J connectivity index is 2.08. The van der Waals surface area contributed by atoms with Gasteiger partial charge in [0.1, 0.15) is 5.82 Å². The maximum atomic E-state index is 5.85. The van der Waals surface area contributed by atoms with Crippen molar-refractivity contribution in [2.45, 2.75) is 39.2 Å². The summed E-state index contributed by atoms with van der Waals surface area (Å²) in [7, 11) is 1.78. The maximum Gasteiger partial charge on any atom is 0.131 e. The molecule has 0 saturated carbocycles. The van der Waals surface area contributed by atoms with Gasteiger partial charge in [0.15, 0.2) is 0 Å². The van der Waals surface area contributed by atoms with Gasteiger partial charge < -0.3 is 15.4 Å². The number of aryl methyl sites for hydroxylation is 1. The summed E-state index contributed by atoms with van der Waals surface area (Å²) in [5, 5.41) is 0. The summed E-state index contributed by atoms with van der Waals surface area (Å²) in [4.78, 5) is 7.08. The predicted molar refractivity (Wildman–Crippen MR) is 83.1 cm³/mol. The molecular formula is C16H27N3O. The van der Waals surface area contributed by atoms with Crippen LogP contribution in [0.5, 0.6) is 0 Å². The van der Waals surface area contributed by atoms with Crippen molar-refractivity contribution in [3.8, 4) is 0 Å². The van der Waals surface area contributed by atoms with Gasteiger partial charge in [-0.25, -0.2) is 4.98 Å². The number of anilines is 1. The van der Waals surface area contributed by atoms with E-state index in [4.69, 9.17) is 10.5 Å². The average molecular weight is 277 g/mol. The number of rotatable bonds is 5. The summed E-state index contributed by atoms with van der Waals surface area (Å²) >= 11 is 0. The van der Waals surface area contributed by atoms with Gasteiger partial charge in [-0.2, -0.15) is 0 Å². The molecule has 0 amide bonds. The average Bonchev–Trinajstić information content (AvgIpc) is 2.39. The summed E-state index contributed by atoms with van der Waals surface area (Å²) in [6.45, 7) is 7.17. The largest absolute Gasteiger partial charge is 0.384 e. The zero-order valence-corrected chi connectivity index (χ0v) is 12.9. The monoisotopic (exact) mass is 277 g/mol. The molecule has 2 N–H and O–H groups in total. The summed E-state index contributed by atoms with van der Waals surface area (Å²) in [6, 6.07) is 2.41. The standard InChI is InChI=1S/C16H27N3O/c1-12-7-15(8-13(2)17)9-18-16(12)19-6-4-5-14(10-19)11-20-3/h7,9,13-14H,4-6,8,10-11,17H2,1-3H3. The maximum absolute atomic E-state index is 5.85. The van der Waals surface area contributed by atoms with Crippen LogP contribution in [0.25, 0.3) is 0 Å². The molecule has 0 radical (unpaired) electrons. The SMILES string of the molecule is COCC1CCCN(c2ncc(CC(C)N)cc2C)C1. The van der Waals surface area contributed by atoms with Gasteiger partial charge in [0.2, 0.25) is 0 Å². The quantitative estimate of drug-likeness (QED) is 0.896. The lowest BCUT2D eigenvalue weighted by molar-refractivity contribution is 0.143. The van der Waals surface area contributed by atoms with E-state index < -0.39 is 0 Å². The molecule has 1 fully saturated rings. The summed E-state index contributed by atoms with van der Waals surface area (Å²) in [6.07, 6.45) is 5.34. The molecule has 2 heterocycles. The zero-order valence-electron chi connectivity index (χ0n) is 12.9. The van der Waals surface area contributed by atoms with E-state index in [2.05, 4.69) is 22.9 Å². The van der Waals surface area contributed by atoms with Gasteiger partial charge in [-0.3, -0.25) is 0 Å². The van der Waals surface area contributed by atoms with Crippen molar-refractivity contribution in [3.63, 3.8) is 0 Å². The normalized spacial score (nSPS) is 21.0. The Morgan fingerprint density at radius 1 is 1.55 bits per heavy atom. The van der Waals surface area contributed by atoms with Crippen LogP contribution in [0, 0.1) is 12.8 Å². The van der Waals surface area contributed by atoms with Crippen LogP contribution in [-0.2, 0) is 11.2 Å². The number of methoxy groups -OCH3 is 1.